The van der Waals surface area contributed by atoms with Crippen molar-refractivity contribution in [2.45, 2.75) is 19.4 Å². The summed E-state index contributed by atoms with van der Waals surface area (Å²) in [4.78, 5) is 0. The summed E-state index contributed by atoms with van der Waals surface area (Å²) in [5, 5.41) is 14.5. The molecule has 0 bridgehead atoms. The maximum atomic E-state index is 10.4. The minimum atomic E-state index is -0.717. The topological polar surface area (TPSA) is 47.3 Å². The van der Waals surface area contributed by atoms with Gasteiger partial charge >= 0.3 is 0 Å². The largest absolute Gasteiger partial charge is 0.493 e. The lowest BCUT2D eigenvalue weighted by Crippen LogP contribution is -2.09. The predicted molar refractivity (Wildman–Crippen MR) is 69.5 cm³/mol. The predicted octanol–water partition coefficient (Wildman–Crippen LogP) is 2.29. The van der Waals surface area contributed by atoms with Crippen molar-refractivity contribution in [3.8, 4) is 5.75 Å². The molecule has 2 aromatic rings. The number of para-hydroxylation sites is 1. The van der Waals surface area contributed by atoms with Gasteiger partial charge in [-0.25, -0.2) is 0 Å². The van der Waals surface area contributed by atoms with E-state index in [0.717, 1.165) is 23.4 Å². The lowest BCUT2D eigenvalue weighted by atomic mass is 10.1. The van der Waals surface area contributed by atoms with Gasteiger partial charge in [0.05, 0.1) is 12.3 Å². The molecule has 0 saturated heterocycles. The number of hydrogen-bond acceptors (Lipinski definition) is 3. The third-order valence-corrected chi connectivity index (χ3v) is 2.81. The van der Waals surface area contributed by atoms with E-state index in [1.165, 1.54) is 0 Å². The van der Waals surface area contributed by atoms with Crippen LogP contribution in [0.3, 0.4) is 0 Å². The fourth-order valence-corrected chi connectivity index (χ4v) is 1.86. The van der Waals surface area contributed by atoms with E-state index >= 15 is 0 Å². The van der Waals surface area contributed by atoms with E-state index in [1.54, 1.807) is 16.9 Å². The molecule has 4 nitrogen and oxygen atoms in total. The van der Waals surface area contributed by atoms with Gasteiger partial charge in [0.1, 0.15) is 11.9 Å². The Morgan fingerprint density at radius 3 is 2.78 bits per heavy atom. The van der Waals surface area contributed by atoms with Crippen molar-refractivity contribution in [1.29, 1.82) is 0 Å². The molecule has 1 aromatic heterocycles. The van der Waals surface area contributed by atoms with Crippen molar-refractivity contribution < 1.29 is 9.84 Å². The highest BCUT2D eigenvalue weighted by Gasteiger charge is 2.17. The molecule has 18 heavy (non-hydrogen) atoms. The third-order valence-electron chi connectivity index (χ3n) is 2.81. The second-order valence-corrected chi connectivity index (χ2v) is 4.17. The van der Waals surface area contributed by atoms with Crippen LogP contribution >= 0.6 is 0 Å². The average molecular weight is 246 g/mol. The number of benzene rings is 1. The number of aryl methyl sites for hydroxylation is 1. The third kappa shape index (κ3) is 2.54. The van der Waals surface area contributed by atoms with Crippen molar-refractivity contribution in [3.05, 3.63) is 47.8 Å². The highest BCUT2D eigenvalue weighted by molar-refractivity contribution is 5.38. The summed E-state index contributed by atoms with van der Waals surface area (Å²) >= 11 is 0. The van der Waals surface area contributed by atoms with E-state index in [4.69, 9.17) is 4.74 Å². The fraction of sp³-hybridized carbons (Fsp3) is 0.357. The van der Waals surface area contributed by atoms with Crippen molar-refractivity contribution in [3.63, 3.8) is 0 Å². The molecule has 1 N–H and O–H groups in total. The van der Waals surface area contributed by atoms with Gasteiger partial charge in [-0.15, -0.1) is 0 Å². The first kappa shape index (κ1) is 12.6. The van der Waals surface area contributed by atoms with Gasteiger partial charge in [-0.3, -0.25) is 4.68 Å². The second kappa shape index (κ2) is 5.69. The Labute approximate surface area is 107 Å². The smallest absolute Gasteiger partial charge is 0.125 e. The molecule has 1 atom stereocenters. The number of aliphatic hydroxyl groups excluding tert-OH is 1. The van der Waals surface area contributed by atoms with Crippen molar-refractivity contribution in [2.75, 3.05) is 6.61 Å². The van der Waals surface area contributed by atoms with Crippen LogP contribution < -0.4 is 4.74 Å². The normalized spacial score (nSPS) is 12.4. The summed E-state index contributed by atoms with van der Waals surface area (Å²) in [6.07, 6.45) is 1.90. The number of hydrogen-bond donors (Lipinski definition) is 1. The quantitative estimate of drug-likeness (QED) is 0.880. The Balaban J connectivity index is 2.30. The van der Waals surface area contributed by atoms with Crippen molar-refractivity contribution >= 4 is 0 Å². The molecule has 1 unspecified atom stereocenters. The number of rotatable bonds is 5. The van der Waals surface area contributed by atoms with E-state index in [0.29, 0.717) is 6.61 Å². The molecule has 96 valence electrons. The zero-order valence-electron chi connectivity index (χ0n) is 10.7. The van der Waals surface area contributed by atoms with Crippen LogP contribution in [-0.4, -0.2) is 21.5 Å². The first-order chi connectivity index (χ1) is 8.74. The van der Waals surface area contributed by atoms with Gasteiger partial charge in [-0.05, 0) is 18.6 Å². The van der Waals surface area contributed by atoms with Crippen molar-refractivity contribution in [1.82, 2.24) is 9.78 Å². The number of aromatic nitrogens is 2. The molecule has 0 saturated carbocycles. The number of nitrogens with zero attached hydrogens (tertiary/aromatic N) is 2. The monoisotopic (exact) mass is 246 g/mol. The molecular formula is C14H18N2O2. The Kier molecular flexibility index (Phi) is 3.99. The summed E-state index contributed by atoms with van der Waals surface area (Å²) in [6.45, 7) is 2.70. The summed E-state index contributed by atoms with van der Waals surface area (Å²) in [5.41, 5.74) is 1.53. The molecule has 2 rings (SSSR count). The van der Waals surface area contributed by atoms with E-state index in [9.17, 15) is 5.11 Å². The lowest BCUT2D eigenvalue weighted by Gasteiger charge is -2.16. The SMILES string of the molecule is CCCOc1ccccc1C(O)c1ccnn1C. The summed E-state index contributed by atoms with van der Waals surface area (Å²) in [5.74, 6) is 0.730. The lowest BCUT2D eigenvalue weighted by molar-refractivity contribution is 0.201. The van der Waals surface area contributed by atoms with E-state index in [1.807, 2.05) is 31.3 Å². The van der Waals surface area contributed by atoms with Crippen molar-refractivity contribution in [2.24, 2.45) is 7.05 Å². The number of ether oxygens (including phenoxy) is 1. The first-order valence-electron chi connectivity index (χ1n) is 6.11. The standard InChI is InChI=1S/C14H18N2O2/c1-3-10-18-13-7-5-4-6-11(13)14(17)12-8-9-15-16(12)2/h4-9,14,17H,3,10H2,1-2H3. The zero-order valence-corrected chi connectivity index (χ0v) is 10.7. The molecule has 0 amide bonds. The minimum absolute atomic E-state index is 0.648. The van der Waals surface area contributed by atoms with Gasteiger partial charge in [0.15, 0.2) is 0 Å². The van der Waals surface area contributed by atoms with Crippen LogP contribution in [0.2, 0.25) is 0 Å². The summed E-state index contributed by atoms with van der Waals surface area (Å²) < 4.78 is 7.32. The highest BCUT2D eigenvalue weighted by atomic mass is 16.5. The summed E-state index contributed by atoms with van der Waals surface area (Å²) in [7, 11) is 1.81. The molecule has 0 aliphatic rings. The van der Waals surface area contributed by atoms with Gasteiger partial charge in [0, 0.05) is 18.8 Å². The fourth-order valence-electron chi connectivity index (χ4n) is 1.86. The Morgan fingerprint density at radius 2 is 2.11 bits per heavy atom. The Bertz CT molecular complexity index is 508. The van der Waals surface area contributed by atoms with Crippen LogP contribution in [0.4, 0.5) is 0 Å². The molecule has 0 aliphatic heterocycles. The van der Waals surface area contributed by atoms with Crippen LogP contribution in [0.15, 0.2) is 36.5 Å². The molecule has 1 heterocycles. The molecule has 0 radical (unpaired) electrons. The van der Waals surface area contributed by atoms with Crippen LogP contribution in [0.1, 0.15) is 30.7 Å². The highest BCUT2D eigenvalue weighted by Crippen LogP contribution is 2.29. The maximum absolute atomic E-state index is 10.4. The minimum Gasteiger partial charge on any atom is -0.493 e. The summed E-state index contributed by atoms with van der Waals surface area (Å²) in [6, 6.07) is 9.37. The van der Waals surface area contributed by atoms with Gasteiger partial charge in [0.2, 0.25) is 0 Å². The molecule has 0 fully saturated rings. The van der Waals surface area contributed by atoms with Gasteiger partial charge in [-0.2, -0.15) is 5.10 Å². The molecular weight excluding hydrogens is 228 g/mol. The number of aliphatic hydroxyl groups is 1. The Morgan fingerprint density at radius 1 is 1.33 bits per heavy atom. The molecule has 0 spiro atoms. The van der Waals surface area contributed by atoms with Crippen LogP contribution in [0.25, 0.3) is 0 Å². The van der Waals surface area contributed by atoms with Gasteiger partial charge in [-0.1, -0.05) is 25.1 Å². The van der Waals surface area contributed by atoms with E-state index in [2.05, 4.69) is 12.0 Å². The van der Waals surface area contributed by atoms with E-state index < -0.39 is 6.10 Å². The molecule has 0 aliphatic carbocycles. The van der Waals surface area contributed by atoms with Crippen LogP contribution in [0.5, 0.6) is 5.75 Å². The Hall–Kier alpha value is -1.81. The first-order valence-corrected chi connectivity index (χ1v) is 6.11. The van der Waals surface area contributed by atoms with E-state index in [-0.39, 0.29) is 0 Å². The van der Waals surface area contributed by atoms with Gasteiger partial charge < -0.3 is 9.84 Å². The second-order valence-electron chi connectivity index (χ2n) is 4.17. The van der Waals surface area contributed by atoms with Crippen LogP contribution in [-0.2, 0) is 7.05 Å². The zero-order chi connectivity index (χ0) is 13.0. The maximum Gasteiger partial charge on any atom is 0.125 e. The van der Waals surface area contributed by atoms with Crippen LogP contribution in [0, 0.1) is 0 Å². The molecule has 1 aromatic carbocycles. The average Bonchev–Trinajstić information content (AvgIpc) is 2.82. The molecule has 4 heteroatoms. The van der Waals surface area contributed by atoms with Gasteiger partial charge in [0.25, 0.3) is 0 Å².